The Hall–Kier alpha value is -4.19. The van der Waals surface area contributed by atoms with Crippen molar-refractivity contribution in [2.24, 2.45) is 0 Å². The van der Waals surface area contributed by atoms with Crippen molar-refractivity contribution in [1.29, 1.82) is 0 Å². The van der Waals surface area contributed by atoms with Crippen LogP contribution in [0.15, 0.2) is 87.8 Å². The van der Waals surface area contributed by atoms with E-state index in [4.69, 9.17) is 37.4 Å². The third kappa shape index (κ3) is 5.44. The number of aromatic nitrogens is 5. The van der Waals surface area contributed by atoms with E-state index in [2.05, 4.69) is 20.7 Å². The maximum absolute atomic E-state index is 13.1. The van der Waals surface area contributed by atoms with Crippen molar-refractivity contribution < 1.29 is 14.2 Å². The predicted molar refractivity (Wildman–Crippen MR) is 155 cm³/mol. The van der Waals surface area contributed by atoms with Gasteiger partial charge in [0.05, 0.1) is 43.8 Å². The molecule has 13 heteroatoms. The van der Waals surface area contributed by atoms with Crippen LogP contribution < -0.4 is 25.2 Å². The average Bonchev–Trinajstić information content (AvgIpc) is 3.37. The molecule has 0 spiro atoms. The van der Waals surface area contributed by atoms with Gasteiger partial charge >= 0.3 is 0 Å². The highest BCUT2D eigenvalue weighted by Gasteiger charge is 2.22. The minimum absolute atomic E-state index is 0.000711. The third-order valence-electron chi connectivity index (χ3n) is 5.73. The molecule has 0 aliphatic heterocycles. The highest BCUT2D eigenvalue weighted by Crippen LogP contribution is 2.41. The topological polar surface area (TPSA) is 105 Å². The number of rotatable bonds is 9. The molecule has 5 rings (SSSR count). The summed E-state index contributed by atoms with van der Waals surface area (Å²) >= 11 is 13.7. The van der Waals surface area contributed by atoms with Crippen LogP contribution in [0.1, 0.15) is 0 Å². The van der Waals surface area contributed by atoms with Crippen molar-refractivity contribution in [3.63, 3.8) is 0 Å². The van der Waals surface area contributed by atoms with Crippen molar-refractivity contribution in [3.8, 4) is 34.3 Å². The number of benzene rings is 3. The second-order valence-electron chi connectivity index (χ2n) is 8.15. The number of anilines is 1. The Morgan fingerprint density at radius 2 is 1.55 bits per heavy atom. The SMILES string of the molecule is COc1cc(-c2nnc(Sc3cnn(-c4ccccc4)c(=O)c3Cl)n2Nc2ccc(Cl)cc2)cc(OC)c1OC. The van der Waals surface area contributed by atoms with Crippen LogP contribution in [-0.4, -0.2) is 46.0 Å². The lowest BCUT2D eigenvalue weighted by Crippen LogP contribution is -2.21. The van der Waals surface area contributed by atoms with Gasteiger partial charge < -0.3 is 14.2 Å². The summed E-state index contributed by atoms with van der Waals surface area (Å²) in [5.41, 5.74) is 4.77. The van der Waals surface area contributed by atoms with E-state index in [0.29, 0.717) is 55.1 Å². The Kier molecular flexibility index (Phi) is 8.15. The van der Waals surface area contributed by atoms with Crippen LogP contribution in [0.25, 0.3) is 17.1 Å². The Balaban J connectivity index is 1.60. The molecule has 10 nitrogen and oxygen atoms in total. The van der Waals surface area contributed by atoms with Crippen molar-refractivity contribution in [2.45, 2.75) is 10.1 Å². The van der Waals surface area contributed by atoms with E-state index in [1.165, 1.54) is 32.2 Å². The quantitative estimate of drug-likeness (QED) is 0.224. The van der Waals surface area contributed by atoms with E-state index in [-0.39, 0.29) is 5.02 Å². The molecule has 1 N–H and O–H groups in total. The standard InChI is InChI=1S/C27H22Cl2N6O4S/c1-37-20-13-16(14-21(38-2)24(20)39-3)25-31-32-27(35(25)33-18-11-9-17(28)10-12-18)40-22-15-30-34(26(36)23(22)29)19-7-5-4-6-8-19/h4-15,33H,1-3H3. The average molecular weight is 597 g/mol. The van der Waals surface area contributed by atoms with Crippen LogP contribution in [0.5, 0.6) is 17.2 Å². The first kappa shape index (κ1) is 27.4. The van der Waals surface area contributed by atoms with Crippen molar-refractivity contribution in [1.82, 2.24) is 24.7 Å². The lowest BCUT2D eigenvalue weighted by molar-refractivity contribution is 0.324. The molecule has 0 saturated heterocycles. The van der Waals surface area contributed by atoms with E-state index in [1.54, 1.807) is 41.1 Å². The van der Waals surface area contributed by atoms with Gasteiger partial charge in [0.25, 0.3) is 5.56 Å². The van der Waals surface area contributed by atoms with Gasteiger partial charge in [-0.15, -0.1) is 10.2 Å². The first-order valence-electron chi connectivity index (χ1n) is 11.7. The maximum atomic E-state index is 13.1. The Bertz CT molecular complexity index is 1690. The van der Waals surface area contributed by atoms with Crippen molar-refractivity contribution in [2.75, 3.05) is 26.8 Å². The molecule has 0 fully saturated rings. The Labute approximate surface area is 243 Å². The van der Waals surface area contributed by atoms with Crippen LogP contribution in [0, 0.1) is 0 Å². The first-order chi connectivity index (χ1) is 19.4. The summed E-state index contributed by atoms with van der Waals surface area (Å²) in [7, 11) is 4.60. The highest BCUT2D eigenvalue weighted by molar-refractivity contribution is 7.99. The minimum atomic E-state index is -0.459. The Morgan fingerprint density at radius 1 is 0.875 bits per heavy atom. The second kappa shape index (κ2) is 11.9. The van der Waals surface area contributed by atoms with Crippen LogP contribution >= 0.6 is 35.0 Å². The molecule has 3 aromatic carbocycles. The normalized spacial score (nSPS) is 10.8. The summed E-state index contributed by atoms with van der Waals surface area (Å²) in [6.45, 7) is 0. The van der Waals surface area contributed by atoms with Gasteiger partial charge in [-0.05, 0) is 60.3 Å². The largest absolute Gasteiger partial charge is 0.493 e. The number of para-hydroxylation sites is 1. The van der Waals surface area contributed by atoms with Gasteiger partial charge in [0.2, 0.25) is 10.9 Å². The Morgan fingerprint density at radius 3 is 2.17 bits per heavy atom. The predicted octanol–water partition coefficient (Wildman–Crippen LogP) is 5.85. The van der Waals surface area contributed by atoms with E-state index in [1.807, 2.05) is 30.3 Å². The number of hydrogen-bond acceptors (Lipinski definition) is 9. The number of methoxy groups -OCH3 is 3. The lowest BCUT2D eigenvalue weighted by Gasteiger charge is -2.16. The molecule has 0 bridgehead atoms. The van der Waals surface area contributed by atoms with E-state index < -0.39 is 5.56 Å². The molecule has 0 unspecified atom stereocenters. The highest BCUT2D eigenvalue weighted by atomic mass is 35.5. The summed E-state index contributed by atoms with van der Waals surface area (Å²) in [4.78, 5) is 13.5. The van der Waals surface area contributed by atoms with Gasteiger partial charge in [-0.3, -0.25) is 10.2 Å². The summed E-state index contributed by atoms with van der Waals surface area (Å²) in [6.07, 6.45) is 1.52. The molecule has 0 amide bonds. The smallest absolute Gasteiger partial charge is 0.291 e. The molecule has 40 heavy (non-hydrogen) atoms. The number of nitrogens with one attached hydrogen (secondary N) is 1. The molecule has 0 saturated carbocycles. The fourth-order valence-corrected chi connectivity index (χ4v) is 4.98. The molecular weight excluding hydrogens is 575 g/mol. The fourth-order valence-electron chi connectivity index (χ4n) is 3.83. The lowest BCUT2D eigenvalue weighted by atomic mass is 10.1. The zero-order valence-corrected chi connectivity index (χ0v) is 23.8. The fraction of sp³-hybridized carbons (Fsp3) is 0.111. The van der Waals surface area contributed by atoms with Crippen LogP contribution in [0.3, 0.4) is 0 Å². The monoisotopic (exact) mass is 596 g/mol. The van der Waals surface area contributed by atoms with Gasteiger partial charge in [0.1, 0.15) is 5.02 Å². The summed E-state index contributed by atoms with van der Waals surface area (Å²) in [5, 5.41) is 14.1. The van der Waals surface area contributed by atoms with Gasteiger partial charge in [-0.1, -0.05) is 41.4 Å². The third-order valence-corrected chi connectivity index (χ3v) is 7.44. The second-order valence-corrected chi connectivity index (χ2v) is 9.98. The van der Waals surface area contributed by atoms with E-state index in [9.17, 15) is 4.79 Å². The molecule has 2 aromatic heterocycles. The van der Waals surface area contributed by atoms with Crippen molar-refractivity contribution >= 4 is 40.7 Å². The summed E-state index contributed by atoms with van der Waals surface area (Å²) in [6, 6.07) is 19.7. The molecule has 0 radical (unpaired) electrons. The zero-order valence-electron chi connectivity index (χ0n) is 21.5. The zero-order chi connectivity index (χ0) is 28.2. The maximum Gasteiger partial charge on any atom is 0.291 e. The van der Waals surface area contributed by atoms with Gasteiger partial charge in [0, 0.05) is 10.6 Å². The number of ether oxygens (including phenoxy) is 3. The molecule has 204 valence electrons. The van der Waals surface area contributed by atoms with Crippen LogP contribution in [0.4, 0.5) is 5.69 Å². The van der Waals surface area contributed by atoms with Crippen molar-refractivity contribution in [3.05, 3.63) is 93.3 Å². The number of nitrogens with zero attached hydrogens (tertiary/aromatic N) is 5. The molecule has 0 aliphatic carbocycles. The first-order valence-corrected chi connectivity index (χ1v) is 13.3. The summed E-state index contributed by atoms with van der Waals surface area (Å²) < 4.78 is 19.4. The van der Waals surface area contributed by atoms with Crippen LogP contribution in [-0.2, 0) is 0 Å². The van der Waals surface area contributed by atoms with Gasteiger partial charge in [0.15, 0.2) is 17.3 Å². The molecule has 2 heterocycles. The van der Waals surface area contributed by atoms with Gasteiger partial charge in [-0.25, -0.2) is 4.68 Å². The van der Waals surface area contributed by atoms with Gasteiger partial charge in [-0.2, -0.15) is 9.78 Å². The van der Waals surface area contributed by atoms with E-state index in [0.717, 1.165) is 11.8 Å². The summed E-state index contributed by atoms with van der Waals surface area (Å²) in [5.74, 6) is 1.77. The number of hydrogen-bond donors (Lipinski definition) is 1. The number of halogens is 2. The molecule has 0 atom stereocenters. The molecule has 0 aliphatic rings. The van der Waals surface area contributed by atoms with E-state index >= 15 is 0 Å². The molecular formula is C27H22Cl2N6O4S. The molecule has 5 aromatic rings. The minimum Gasteiger partial charge on any atom is -0.493 e. The van der Waals surface area contributed by atoms with Crippen LogP contribution in [0.2, 0.25) is 10.0 Å².